The van der Waals surface area contributed by atoms with Crippen LogP contribution in [0.2, 0.25) is 0 Å². The minimum Gasteiger partial charge on any atom is -0.350 e. The summed E-state index contributed by atoms with van der Waals surface area (Å²) in [6, 6.07) is 27.4. The summed E-state index contributed by atoms with van der Waals surface area (Å²) in [6.07, 6.45) is 0.185. The maximum atomic E-state index is 14.5. The Balaban J connectivity index is 1.82. The molecule has 0 spiro atoms. The molecular weight excluding hydrogens is 589 g/mol. The van der Waals surface area contributed by atoms with Gasteiger partial charge in [-0.05, 0) is 81.6 Å². The number of anilines is 1. The van der Waals surface area contributed by atoms with Gasteiger partial charge in [0.15, 0.2) is 0 Å². The topological polar surface area (TPSA) is 86.8 Å². The summed E-state index contributed by atoms with van der Waals surface area (Å²) in [5.74, 6) is -1.40. The average molecular weight is 630 g/mol. The van der Waals surface area contributed by atoms with Crippen LogP contribution in [0.25, 0.3) is 0 Å². The molecule has 4 aromatic rings. The monoisotopic (exact) mass is 629 g/mol. The number of para-hydroxylation sites is 1. The first-order valence-corrected chi connectivity index (χ1v) is 16.2. The third kappa shape index (κ3) is 8.79. The van der Waals surface area contributed by atoms with Crippen LogP contribution in [0.3, 0.4) is 0 Å². The first-order valence-electron chi connectivity index (χ1n) is 14.8. The third-order valence-electron chi connectivity index (χ3n) is 7.31. The SMILES string of the molecule is Cc1ccc(S(=O)(=O)N(CC(=O)N(Cc2ccc(F)cc2)[C@@H](Cc2ccccc2)C(=O)NC(C)(C)C)c2ccccc2C)cc1. The van der Waals surface area contributed by atoms with Gasteiger partial charge >= 0.3 is 0 Å². The minimum atomic E-state index is -4.20. The summed E-state index contributed by atoms with van der Waals surface area (Å²) in [7, 11) is -4.20. The fourth-order valence-corrected chi connectivity index (χ4v) is 6.47. The molecule has 4 rings (SSSR count). The molecule has 2 amide bonds. The van der Waals surface area contributed by atoms with E-state index in [9.17, 15) is 22.4 Å². The van der Waals surface area contributed by atoms with Gasteiger partial charge in [-0.2, -0.15) is 0 Å². The van der Waals surface area contributed by atoms with Crippen molar-refractivity contribution in [1.29, 1.82) is 0 Å². The zero-order chi connectivity index (χ0) is 32.8. The van der Waals surface area contributed by atoms with Crippen molar-refractivity contribution in [2.75, 3.05) is 10.8 Å². The highest BCUT2D eigenvalue weighted by molar-refractivity contribution is 7.92. The molecule has 9 heteroatoms. The first kappa shape index (κ1) is 33.4. The van der Waals surface area contributed by atoms with E-state index in [2.05, 4.69) is 5.32 Å². The lowest BCUT2D eigenvalue weighted by atomic mass is 10.0. The van der Waals surface area contributed by atoms with E-state index < -0.39 is 39.9 Å². The summed E-state index contributed by atoms with van der Waals surface area (Å²) in [4.78, 5) is 29.9. The number of halogens is 1. The number of carbonyl (C=O) groups is 2. The van der Waals surface area contributed by atoms with Crippen LogP contribution in [0.4, 0.5) is 10.1 Å². The highest BCUT2D eigenvalue weighted by Gasteiger charge is 2.36. The molecule has 0 aliphatic carbocycles. The van der Waals surface area contributed by atoms with Crippen LogP contribution in [0, 0.1) is 19.7 Å². The predicted molar refractivity (Wildman–Crippen MR) is 176 cm³/mol. The van der Waals surface area contributed by atoms with E-state index in [1.807, 2.05) is 58.0 Å². The van der Waals surface area contributed by atoms with Gasteiger partial charge in [0.25, 0.3) is 10.0 Å². The molecule has 45 heavy (non-hydrogen) atoms. The predicted octanol–water partition coefficient (Wildman–Crippen LogP) is 6.19. The Bertz CT molecular complexity index is 1720. The molecule has 0 saturated carbocycles. The van der Waals surface area contributed by atoms with Crippen molar-refractivity contribution in [3.8, 4) is 0 Å². The second kappa shape index (κ2) is 14.1. The fraction of sp³-hybridized carbons (Fsp3) is 0.278. The van der Waals surface area contributed by atoms with E-state index in [0.29, 0.717) is 16.8 Å². The Kier molecular flexibility index (Phi) is 10.4. The van der Waals surface area contributed by atoms with Crippen molar-refractivity contribution < 1.29 is 22.4 Å². The lowest BCUT2D eigenvalue weighted by Gasteiger charge is -2.35. The van der Waals surface area contributed by atoms with Crippen molar-refractivity contribution in [2.24, 2.45) is 0 Å². The molecule has 0 unspecified atom stereocenters. The number of nitrogens with zero attached hydrogens (tertiary/aromatic N) is 2. The maximum Gasteiger partial charge on any atom is 0.264 e. The quantitative estimate of drug-likeness (QED) is 0.214. The second-order valence-corrected chi connectivity index (χ2v) is 14.1. The van der Waals surface area contributed by atoms with Crippen molar-refractivity contribution in [1.82, 2.24) is 10.2 Å². The maximum absolute atomic E-state index is 14.5. The highest BCUT2D eigenvalue weighted by Crippen LogP contribution is 2.28. The zero-order valence-electron chi connectivity index (χ0n) is 26.3. The number of nitrogens with one attached hydrogen (secondary N) is 1. The van der Waals surface area contributed by atoms with Gasteiger partial charge in [0, 0.05) is 18.5 Å². The highest BCUT2D eigenvalue weighted by atomic mass is 32.2. The lowest BCUT2D eigenvalue weighted by Crippen LogP contribution is -2.56. The Hall–Kier alpha value is -4.50. The number of amides is 2. The van der Waals surface area contributed by atoms with Gasteiger partial charge in [-0.1, -0.05) is 78.4 Å². The van der Waals surface area contributed by atoms with Gasteiger partial charge in [-0.15, -0.1) is 0 Å². The van der Waals surface area contributed by atoms with Crippen LogP contribution in [0.15, 0.2) is 108 Å². The lowest BCUT2D eigenvalue weighted by molar-refractivity contribution is -0.140. The minimum absolute atomic E-state index is 0.0413. The number of benzene rings is 4. The van der Waals surface area contributed by atoms with Crippen LogP contribution in [0.5, 0.6) is 0 Å². The van der Waals surface area contributed by atoms with Gasteiger partial charge in [0.05, 0.1) is 10.6 Å². The molecule has 0 aliphatic heterocycles. The van der Waals surface area contributed by atoms with Crippen LogP contribution in [-0.4, -0.2) is 43.3 Å². The molecule has 7 nitrogen and oxygen atoms in total. The molecule has 0 fully saturated rings. The van der Waals surface area contributed by atoms with E-state index in [1.54, 1.807) is 55.5 Å². The smallest absolute Gasteiger partial charge is 0.264 e. The molecule has 4 aromatic carbocycles. The van der Waals surface area contributed by atoms with Gasteiger partial charge in [0.1, 0.15) is 18.4 Å². The van der Waals surface area contributed by atoms with Crippen molar-refractivity contribution >= 4 is 27.5 Å². The Morgan fingerprint density at radius 1 is 0.800 bits per heavy atom. The van der Waals surface area contributed by atoms with Gasteiger partial charge < -0.3 is 10.2 Å². The van der Waals surface area contributed by atoms with Gasteiger partial charge in [-0.25, -0.2) is 12.8 Å². The van der Waals surface area contributed by atoms with Crippen molar-refractivity contribution in [2.45, 2.75) is 64.1 Å². The fourth-order valence-electron chi connectivity index (χ4n) is 4.99. The number of hydrogen-bond acceptors (Lipinski definition) is 4. The normalized spacial score (nSPS) is 12.3. The number of aryl methyl sites for hydroxylation is 2. The summed E-state index contributed by atoms with van der Waals surface area (Å²) in [5.41, 5.74) is 2.73. The van der Waals surface area contributed by atoms with Crippen LogP contribution >= 0.6 is 0 Å². The van der Waals surface area contributed by atoms with Gasteiger partial charge in [0.2, 0.25) is 11.8 Å². The third-order valence-corrected chi connectivity index (χ3v) is 9.08. The van der Waals surface area contributed by atoms with Gasteiger partial charge in [-0.3, -0.25) is 13.9 Å². The van der Waals surface area contributed by atoms with E-state index in [-0.39, 0.29) is 23.8 Å². The van der Waals surface area contributed by atoms with Crippen molar-refractivity contribution in [3.63, 3.8) is 0 Å². The largest absolute Gasteiger partial charge is 0.350 e. The number of sulfonamides is 1. The van der Waals surface area contributed by atoms with E-state index in [4.69, 9.17) is 0 Å². The van der Waals surface area contributed by atoms with Crippen molar-refractivity contribution in [3.05, 3.63) is 131 Å². The van der Waals surface area contributed by atoms with E-state index >= 15 is 0 Å². The first-order chi connectivity index (χ1) is 21.2. The van der Waals surface area contributed by atoms with Crippen LogP contribution in [0.1, 0.15) is 43.0 Å². The molecule has 236 valence electrons. The molecule has 1 atom stereocenters. The average Bonchev–Trinajstić information content (AvgIpc) is 2.99. The Labute approximate surface area is 265 Å². The van der Waals surface area contributed by atoms with Crippen LogP contribution in [-0.2, 0) is 32.6 Å². The van der Waals surface area contributed by atoms with E-state index in [0.717, 1.165) is 15.4 Å². The molecule has 1 N–H and O–H groups in total. The summed E-state index contributed by atoms with van der Waals surface area (Å²) < 4.78 is 43.3. The summed E-state index contributed by atoms with van der Waals surface area (Å²) in [5, 5.41) is 3.00. The molecule has 0 bridgehead atoms. The Morgan fingerprint density at radius 2 is 1.40 bits per heavy atom. The summed E-state index contributed by atoms with van der Waals surface area (Å²) >= 11 is 0. The number of carbonyl (C=O) groups excluding carboxylic acids is 2. The second-order valence-electron chi connectivity index (χ2n) is 12.2. The Morgan fingerprint density at radius 3 is 2.00 bits per heavy atom. The molecular formula is C36H40FN3O4S. The van der Waals surface area contributed by atoms with E-state index in [1.165, 1.54) is 29.2 Å². The number of hydrogen-bond donors (Lipinski definition) is 1. The molecule has 0 saturated heterocycles. The summed E-state index contributed by atoms with van der Waals surface area (Å²) in [6.45, 7) is 8.60. The molecule has 0 aliphatic rings. The van der Waals surface area contributed by atoms with Crippen LogP contribution < -0.4 is 9.62 Å². The number of rotatable bonds is 11. The molecule has 0 aromatic heterocycles. The zero-order valence-corrected chi connectivity index (χ0v) is 27.1. The molecule has 0 heterocycles. The standard InChI is InChI=1S/C36H40FN3O4S/c1-26-15-21-31(22-16-26)45(43,44)40(32-14-10-9-11-27(32)2)25-34(41)39(24-29-17-19-30(37)20-18-29)33(35(42)38-36(3,4)5)23-28-12-7-6-8-13-28/h6-22,33H,23-25H2,1-5H3,(H,38,42)/t33-/m0/s1. The molecule has 0 radical (unpaired) electrons.